The average molecular weight is 394 g/mol. The summed E-state index contributed by atoms with van der Waals surface area (Å²) in [7, 11) is 0. The molecule has 2 heterocycles. The number of hydrogen-bond donors (Lipinski definition) is 0. The highest BCUT2D eigenvalue weighted by atomic mass is 16.7. The van der Waals surface area contributed by atoms with E-state index in [-0.39, 0.29) is 36.4 Å². The summed E-state index contributed by atoms with van der Waals surface area (Å²) >= 11 is 0. The second-order valence-electron chi connectivity index (χ2n) is 8.32. The fourth-order valence-corrected chi connectivity index (χ4v) is 5.50. The van der Waals surface area contributed by atoms with Crippen LogP contribution >= 0.6 is 0 Å². The number of benzene rings is 1. The Bertz CT molecular complexity index is 928. The van der Waals surface area contributed by atoms with Gasteiger partial charge in [0.2, 0.25) is 0 Å². The van der Waals surface area contributed by atoms with Crippen molar-refractivity contribution in [2.45, 2.75) is 52.7 Å². The predicted octanol–water partition coefficient (Wildman–Crippen LogP) is 4.12. The molecule has 2 saturated heterocycles. The molecule has 0 N–H and O–H groups in total. The van der Waals surface area contributed by atoms with Gasteiger partial charge in [0.15, 0.2) is 12.4 Å². The van der Waals surface area contributed by atoms with Crippen LogP contribution in [0.4, 0.5) is 4.79 Å². The topological polar surface area (TPSA) is 61.8 Å². The normalized spacial score (nSPS) is 29.8. The Morgan fingerprint density at radius 2 is 1.93 bits per heavy atom. The molecule has 2 bridgehead atoms. The minimum atomic E-state index is -0.874. The van der Waals surface area contributed by atoms with Crippen molar-refractivity contribution in [3.05, 3.63) is 40.1 Å². The van der Waals surface area contributed by atoms with Gasteiger partial charge in [0.1, 0.15) is 5.76 Å². The SMILES string of the molecule is C#CCOC(=O)OC1=C(c2c(C)cc(C)cc2C)C(=O)[C@@H]2[C@@H]3O[C@@H](C[C@H]3CC)[C@H]12. The maximum Gasteiger partial charge on any atom is 0.514 e. The fourth-order valence-electron chi connectivity index (χ4n) is 5.50. The van der Waals surface area contributed by atoms with E-state index in [9.17, 15) is 9.59 Å². The Morgan fingerprint density at radius 1 is 1.24 bits per heavy atom. The first-order valence-electron chi connectivity index (χ1n) is 10.2. The van der Waals surface area contributed by atoms with E-state index in [1.165, 1.54) is 0 Å². The van der Waals surface area contributed by atoms with Crippen LogP contribution in [0.15, 0.2) is 17.9 Å². The standard InChI is InChI=1S/C24H26O5/c1-6-8-27-24(26)29-23-18-16-11-15(7-2)22(28-16)20(18)21(25)19(23)17-13(4)9-12(3)10-14(17)5/h1,9-10,15-16,18,20,22H,7-8,11H2,2-5H3/t15-,16+,18+,20-,22-/m1/s1. The number of hydrogen-bond acceptors (Lipinski definition) is 5. The number of fused-ring (bicyclic) bond motifs is 5. The number of terminal acetylenes is 1. The molecule has 0 amide bonds. The molecule has 29 heavy (non-hydrogen) atoms. The molecule has 1 aromatic carbocycles. The first kappa shape index (κ1) is 19.7. The Labute approximate surface area is 171 Å². The number of carbonyl (C=O) groups excluding carboxylic acids is 2. The van der Waals surface area contributed by atoms with Gasteiger partial charge in [0, 0.05) is 0 Å². The van der Waals surface area contributed by atoms with Gasteiger partial charge in [-0.1, -0.05) is 37.0 Å². The minimum absolute atomic E-state index is 0.00968. The Kier molecular flexibility index (Phi) is 5.00. The first-order chi connectivity index (χ1) is 13.9. The molecule has 4 rings (SSSR count). The molecule has 2 aliphatic heterocycles. The second-order valence-corrected chi connectivity index (χ2v) is 8.32. The third-order valence-electron chi connectivity index (χ3n) is 6.49. The highest BCUT2D eigenvalue weighted by Gasteiger charge is 2.62. The lowest BCUT2D eigenvalue weighted by molar-refractivity contribution is -0.119. The third-order valence-corrected chi connectivity index (χ3v) is 6.49. The molecule has 1 aliphatic carbocycles. The van der Waals surface area contributed by atoms with Crippen molar-refractivity contribution in [1.29, 1.82) is 0 Å². The van der Waals surface area contributed by atoms with Crippen molar-refractivity contribution in [2.75, 3.05) is 6.61 Å². The van der Waals surface area contributed by atoms with Gasteiger partial charge >= 0.3 is 6.16 Å². The van der Waals surface area contributed by atoms with Gasteiger partial charge in [-0.2, -0.15) is 0 Å². The van der Waals surface area contributed by atoms with Gasteiger partial charge in [0.05, 0.1) is 29.6 Å². The first-order valence-corrected chi connectivity index (χ1v) is 10.2. The molecular formula is C24H26O5. The highest BCUT2D eigenvalue weighted by Crippen LogP contribution is 2.57. The zero-order valence-electron chi connectivity index (χ0n) is 17.3. The van der Waals surface area contributed by atoms with Crippen LogP contribution in [-0.2, 0) is 19.0 Å². The summed E-state index contributed by atoms with van der Waals surface area (Å²) in [5.74, 6) is 2.47. The molecule has 0 radical (unpaired) electrons. The summed E-state index contributed by atoms with van der Waals surface area (Å²) in [6.07, 6.45) is 5.91. The van der Waals surface area contributed by atoms with Gasteiger partial charge in [-0.15, -0.1) is 6.42 Å². The Hall–Kier alpha value is -2.58. The maximum atomic E-state index is 13.6. The largest absolute Gasteiger partial charge is 0.514 e. The number of ketones is 1. The lowest BCUT2D eigenvalue weighted by Gasteiger charge is -2.27. The van der Waals surface area contributed by atoms with Crippen LogP contribution in [0, 0.1) is 50.9 Å². The second kappa shape index (κ2) is 7.35. The van der Waals surface area contributed by atoms with Crippen molar-refractivity contribution in [3.63, 3.8) is 0 Å². The van der Waals surface area contributed by atoms with Crippen molar-refractivity contribution < 1.29 is 23.8 Å². The number of ether oxygens (including phenoxy) is 3. The van der Waals surface area contributed by atoms with E-state index >= 15 is 0 Å². The number of rotatable bonds is 4. The van der Waals surface area contributed by atoms with Crippen molar-refractivity contribution in [1.82, 2.24) is 0 Å². The molecule has 0 saturated carbocycles. The molecule has 5 nitrogen and oxygen atoms in total. The smallest absolute Gasteiger partial charge is 0.421 e. The minimum Gasteiger partial charge on any atom is -0.421 e. The highest BCUT2D eigenvalue weighted by molar-refractivity contribution is 6.26. The van der Waals surface area contributed by atoms with Gasteiger partial charge < -0.3 is 14.2 Å². The van der Waals surface area contributed by atoms with Crippen molar-refractivity contribution >= 4 is 17.5 Å². The molecule has 0 aromatic heterocycles. The lowest BCUT2D eigenvalue weighted by Crippen LogP contribution is -2.35. The molecule has 5 heteroatoms. The molecule has 0 unspecified atom stereocenters. The summed E-state index contributed by atoms with van der Waals surface area (Å²) in [6, 6.07) is 4.09. The Morgan fingerprint density at radius 3 is 2.55 bits per heavy atom. The van der Waals surface area contributed by atoms with Crippen LogP contribution in [0.1, 0.15) is 42.0 Å². The van der Waals surface area contributed by atoms with Crippen LogP contribution in [0.5, 0.6) is 0 Å². The summed E-state index contributed by atoms with van der Waals surface area (Å²) in [5, 5.41) is 0. The van der Waals surface area contributed by atoms with Crippen molar-refractivity contribution in [3.8, 4) is 12.3 Å². The Balaban J connectivity index is 1.81. The molecule has 0 spiro atoms. The molecule has 1 aromatic rings. The van der Waals surface area contributed by atoms with Gasteiger partial charge in [0.25, 0.3) is 0 Å². The summed E-state index contributed by atoms with van der Waals surface area (Å²) < 4.78 is 16.7. The lowest BCUT2D eigenvalue weighted by atomic mass is 9.74. The molecular weight excluding hydrogens is 368 g/mol. The van der Waals surface area contributed by atoms with Crippen LogP contribution in [0.3, 0.4) is 0 Å². The van der Waals surface area contributed by atoms with E-state index < -0.39 is 6.16 Å². The van der Waals surface area contributed by atoms with E-state index in [1.54, 1.807) is 0 Å². The number of aryl methyl sites for hydroxylation is 3. The van der Waals surface area contributed by atoms with E-state index in [0.29, 0.717) is 17.3 Å². The van der Waals surface area contributed by atoms with Crippen molar-refractivity contribution in [2.24, 2.45) is 17.8 Å². The molecule has 5 atom stereocenters. The zero-order valence-corrected chi connectivity index (χ0v) is 17.3. The third kappa shape index (κ3) is 3.07. The summed E-state index contributed by atoms with van der Waals surface area (Å²) in [6.45, 7) is 7.95. The predicted molar refractivity (Wildman–Crippen MR) is 108 cm³/mol. The fraction of sp³-hybridized carbons (Fsp3) is 0.500. The zero-order chi connectivity index (χ0) is 20.9. The molecule has 3 aliphatic rings. The van der Waals surface area contributed by atoms with Crippen LogP contribution in [0.25, 0.3) is 5.57 Å². The van der Waals surface area contributed by atoms with Crippen LogP contribution in [-0.4, -0.2) is 30.8 Å². The average Bonchev–Trinajstić information content (AvgIpc) is 3.32. The monoisotopic (exact) mass is 394 g/mol. The van der Waals surface area contributed by atoms with Crippen LogP contribution in [0.2, 0.25) is 0 Å². The van der Waals surface area contributed by atoms with E-state index in [2.05, 4.69) is 12.8 Å². The summed E-state index contributed by atoms with van der Waals surface area (Å²) in [4.78, 5) is 25.9. The summed E-state index contributed by atoms with van der Waals surface area (Å²) in [5.41, 5.74) is 4.46. The van der Waals surface area contributed by atoms with E-state index in [0.717, 1.165) is 35.1 Å². The number of allylic oxidation sites excluding steroid dienone is 1. The van der Waals surface area contributed by atoms with Gasteiger partial charge in [-0.25, -0.2) is 4.79 Å². The van der Waals surface area contributed by atoms with Gasteiger partial charge in [-0.05, 0) is 49.8 Å². The number of Topliss-reactive ketones (excluding diaryl/α,β-unsaturated/α-hetero) is 1. The van der Waals surface area contributed by atoms with E-state index in [1.807, 2.05) is 32.9 Å². The van der Waals surface area contributed by atoms with Crippen LogP contribution < -0.4 is 0 Å². The number of carbonyl (C=O) groups is 2. The molecule has 152 valence electrons. The maximum absolute atomic E-state index is 13.6. The quantitative estimate of drug-likeness (QED) is 0.568. The van der Waals surface area contributed by atoms with Gasteiger partial charge in [-0.3, -0.25) is 4.79 Å². The van der Waals surface area contributed by atoms with E-state index in [4.69, 9.17) is 20.6 Å². The molecule has 2 fully saturated rings.